The molecule has 0 bridgehead atoms. The number of aliphatic imine (C=N–C) groups is 1. The molecule has 0 unspecified atom stereocenters. The zero-order valence-corrected chi connectivity index (χ0v) is 9.59. The van der Waals surface area contributed by atoms with Crippen molar-refractivity contribution in [2.45, 2.75) is 6.18 Å². The molecule has 0 N–H and O–H groups in total. The summed E-state index contributed by atoms with van der Waals surface area (Å²) in [4.78, 5) is 2.94. The highest BCUT2D eigenvalue weighted by Crippen LogP contribution is 2.32. The van der Waals surface area contributed by atoms with Gasteiger partial charge < -0.3 is 0 Å². The van der Waals surface area contributed by atoms with E-state index in [4.69, 9.17) is 11.6 Å². The van der Waals surface area contributed by atoms with Crippen molar-refractivity contribution in [2.75, 3.05) is 0 Å². The standard InChI is InChI=1S/C8H2BrClF5N/c9-5-4(2-1-3(11)6(5)12)16-7(10)8(13,14)15/h1-2H. The van der Waals surface area contributed by atoms with E-state index in [1.807, 2.05) is 0 Å². The van der Waals surface area contributed by atoms with Crippen molar-refractivity contribution in [1.82, 2.24) is 0 Å². The highest BCUT2D eigenvalue weighted by atomic mass is 79.9. The molecule has 16 heavy (non-hydrogen) atoms. The Balaban J connectivity index is 3.22. The minimum absolute atomic E-state index is 0.443. The number of hydrogen-bond donors (Lipinski definition) is 0. The average Bonchev–Trinajstić information content (AvgIpc) is 2.17. The quantitative estimate of drug-likeness (QED) is 0.408. The van der Waals surface area contributed by atoms with Crippen molar-refractivity contribution < 1.29 is 22.0 Å². The van der Waals surface area contributed by atoms with Gasteiger partial charge in [0.25, 0.3) is 0 Å². The zero-order chi connectivity index (χ0) is 12.5. The Morgan fingerprint density at radius 3 is 2.31 bits per heavy atom. The van der Waals surface area contributed by atoms with Gasteiger partial charge in [-0.3, -0.25) is 0 Å². The molecule has 1 aromatic carbocycles. The first-order valence-corrected chi connectivity index (χ1v) is 4.85. The van der Waals surface area contributed by atoms with Gasteiger partial charge in [-0.2, -0.15) is 13.2 Å². The lowest BCUT2D eigenvalue weighted by atomic mass is 10.3. The van der Waals surface area contributed by atoms with E-state index in [2.05, 4.69) is 20.9 Å². The van der Waals surface area contributed by atoms with Gasteiger partial charge in [-0.1, -0.05) is 11.6 Å². The molecular formula is C8H2BrClF5N. The summed E-state index contributed by atoms with van der Waals surface area (Å²) in [6.45, 7) is 0. The SMILES string of the molecule is Fc1ccc(N=C(Cl)C(F)(F)F)c(Br)c1F. The van der Waals surface area contributed by atoms with Gasteiger partial charge in [0.1, 0.15) is 0 Å². The summed E-state index contributed by atoms with van der Waals surface area (Å²) in [5, 5.41) is -1.67. The minimum Gasteiger partial charge on any atom is -0.231 e. The molecule has 0 radical (unpaired) electrons. The molecule has 1 nitrogen and oxygen atoms in total. The Kier molecular flexibility index (Phi) is 3.90. The lowest BCUT2D eigenvalue weighted by Gasteiger charge is -2.05. The van der Waals surface area contributed by atoms with Crippen LogP contribution in [-0.2, 0) is 0 Å². The third kappa shape index (κ3) is 2.91. The first-order valence-electron chi connectivity index (χ1n) is 3.68. The molecule has 1 aromatic rings. The van der Waals surface area contributed by atoms with E-state index in [1.165, 1.54) is 0 Å². The van der Waals surface area contributed by atoms with Crippen molar-refractivity contribution in [2.24, 2.45) is 4.99 Å². The number of hydrogen-bond acceptors (Lipinski definition) is 1. The molecule has 0 saturated heterocycles. The Morgan fingerprint density at radius 1 is 1.25 bits per heavy atom. The van der Waals surface area contributed by atoms with Gasteiger partial charge in [0.05, 0.1) is 10.2 Å². The molecule has 0 aliphatic rings. The summed E-state index contributed by atoms with van der Waals surface area (Å²) in [6, 6.07) is 1.52. The van der Waals surface area contributed by atoms with Crippen LogP contribution in [0.3, 0.4) is 0 Å². The maximum Gasteiger partial charge on any atom is 0.444 e. The fourth-order valence-electron chi connectivity index (χ4n) is 0.771. The molecule has 0 amide bonds. The summed E-state index contributed by atoms with van der Waals surface area (Å²) in [7, 11) is 0. The second-order valence-corrected chi connectivity index (χ2v) is 3.75. The number of halogens is 7. The van der Waals surface area contributed by atoms with Gasteiger partial charge in [0, 0.05) is 0 Å². The van der Waals surface area contributed by atoms with Crippen molar-refractivity contribution in [1.29, 1.82) is 0 Å². The predicted molar refractivity (Wildman–Crippen MR) is 53.1 cm³/mol. The van der Waals surface area contributed by atoms with Crippen LogP contribution >= 0.6 is 27.5 Å². The van der Waals surface area contributed by atoms with Crippen molar-refractivity contribution >= 4 is 38.4 Å². The number of alkyl halides is 3. The topological polar surface area (TPSA) is 12.4 Å². The summed E-state index contributed by atoms with van der Waals surface area (Å²) < 4.78 is 61.0. The van der Waals surface area contributed by atoms with Crippen molar-refractivity contribution in [3.8, 4) is 0 Å². The lowest BCUT2D eigenvalue weighted by Crippen LogP contribution is -2.16. The largest absolute Gasteiger partial charge is 0.444 e. The van der Waals surface area contributed by atoms with E-state index in [0.717, 1.165) is 6.07 Å². The zero-order valence-electron chi connectivity index (χ0n) is 7.25. The molecule has 88 valence electrons. The van der Waals surface area contributed by atoms with E-state index in [1.54, 1.807) is 0 Å². The minimum atomic E-state index is -4.83. The first kappa shape index (κ1) is 13.4. The Bertz CT molecular complexity index is 443. The van der Waals surface area contributed by atoms with Crippen LogP contribution in [0.2, 0.25) is 0 Å². The van der Waals surface area contributed by atoms with Crippen molar-refractivity contribution in [3.63, 3.8) is 0 Å². The van der Waals surface area contributed by atoms with Gasteiger partial charge in [0.15, 0.2) is 11.6 Å². The molecule has 8 heteroatoms. The molecule has 0 saturated carbocycles. The van der Waals surface area contributed by atoms with Crippen LogP contribution in [-0.4, -0.2) is 11.3 Å². The molecule has 0 heterocycles. The van der Waals surface area contributed by atoms with Crippen LogP contribution in [0.1, 0.15) is 0 Å². The van der Waals surface area contributed by atoms with Gasteiger partial charge >= 0.3 is 6.18 Å². The van der Waals surface area contributed by atoms with Crippen LogP contribution in [0.15, 0.2) is 21.6 Å². The van der Waals surface area contributed by atoms with Crippen LogP contribution in [0.25, 0.3) is 0 Å². The van der Waals surface area contributed by atoms with E-state index < -0.39 is 33.1 Å². The van der Waals surface area contributed by atoms with E-state index in [9.17, 15) is 22.0 Å². The third-order valence-corrected chi connectivity index (χ3v) is 2.52. The Hall–Kier alpha value is -0.690. The van der Waals surface area contributed by atoms with Crippen molar-refractivity contribution in [3.05, 3.63) is 28.2 Å². The average molecular weight is 322 g/mol. The molecule has 0 aliphatic heterocycles. The molecular weight excluding hydrogens is 320 g/mol. The third-order valence-electron chi connectivity index (χ3n) is 1.47. The molecule has 0 aromatic heterocycles. The Morgan fingerprint density at radius 2 is 1.81 bits per heavy atom. The summed E-state index contributed by atoms with van der Waals surface area (Å²) in [5.41, 5.74) is -0.443. The van der Waals surface area contributed by atoms with E-state index in [-0.39, 0.29) is 0 Å². The molecule has 1 rings (SSSR count). The van der Waals surface area contributed by atoms with E-state index >= 15 is 0 Å². The van der Waals surface area contributed by atoms with Gasteiger partial charge in [0.2, 0.25) is 5.17 Å². The normalized spacial score (nSPS) is 13.1. The Labute approximate surface area is 100 Å². The second kappa shape index (κ2) is 4.67. The first-order chi connectivity index (χ1) is 7.23. The van der Waals surface area contributed by atoms with Crippen LogP contribution in [0.4, 0.5) is 27.6 Å². The summed E-state index contributed by atoms with van der Waals surface area (Å²) in [6.07, 6.45) is -4.83. The number of rotatable bonds is 1. The fraction of sp³-hybridized carbons (Fsp3) is 0.125. The predicted octanol–water partition coefficient (Wildman–Crippen LogP) is 4.56. The second-order valence-electron chi connectivity index (χ2n) is 2.59. The summed E-state index contributed by atoms with van der Waals surface area (Å²) >= 11 is 7.42. The van der Waals surface area contributed by atoms with Crippen LogP contribution in [0, 0.1) is 11.6 Å². The van der Waals surface area contributed by atoms with Gasteiger partial charge in [-0.05, 0) is 28.1 Å². The maximum absolute atomic E-state index is 12.9. The maximum atomic E-state index is 12.9. The van der Waals surface area contributed by atoms with E-state index in [0.29, 0.717) is 6.07 Å². The van der Waals surface area contributed by atoms with Gasteiger partial charge in [-0.15, -0.1) is 0 Å². The fourth-order valence-corrected chi connectivity index (χ4v) is 1.27. The smallest absolute Gasteiger partial charge is 0.231 e. The molecule has 0 aliphatic carbocycles. The molecule has 0 spiro atoms. The van der Waals surface area contributed by atoms with Gasteiger partial charge in [-0.25, -0.2) is 13.8 Å². The molecule has 0 fully saturated rings. The lowest BCUT2D eigenvalue weighted by molar-refractivity contribution is -0.0558. The van der Waals surface area contributed by atoms with Crippen LogP contribution in [0.5, 0.6) is 0 Å². The number of nitrogens with zero attached hydrogens (tertiary/aromatic N) is 1. The molecule has 0 atom stereocenters. The van der Waals surface area contributed by atoms with Crippen LogP contribution < -0.4 is 0 Å². The highest BCUT2D eigenvalue weighted by molar-refractivity contribution is 9.10. The highest BCUT2D eigenvalue weighted by Gasteiger charge is 2.34. The monoisotopic (exact) mass is 321 g/mol. The summed E-state index contributed by atoms with van der Waals surface area (Å²) in [5.74, 6) is -2.53. The number of benzene rings is 1.